The van der Waals surface area contributed by atoms with Crippen LogP contribution in [0.15, 0.2) is 36.5 Å². The molecule has 2 aromatic heterocycles. The van der Waals surface area contributed by atoms with Crippen LogP contribution in [0, 0.1) is 11.3 Å². The predicted octanol–water partition coefficient (Wildman–Crippen LogP) is 3.58. The van der Waals surface area contributed by atoms with E-state index in [1.54, 1.807) is 23.7 Å². The fraction of sp³-hybridized carbons (Fsp3) is 0.333. The predicted molar refractivity (Wildman–Crippen MR) is 96.1 cm³/mol. The van der Waals surface area contributed by atoms with Gasteiger partial charge in [-0.15, -0.1) is 11.3 Å². The highest BCUT2D eigenvalue weighted by Crippen LogP contribution is 2.49. The molecule has 5 nitrogen and oxygen atoms in total. The highest BCUT2D eigenvalue weighted by molar-refractivity contribution is 7.16. The molecular weight excluding hydrogens is 358 g/mol. The van der Waals surface area contributed by atoms with Gasteiger partial charge in [-0.3, -0.25) is 4.98 Å². The van der Waals surface area contributed by atoms with Gasteiger partial charge in [-0.2, -0.15) is 5.26 Å². The summed E-state index contributed by atoms with van der Waals surface area (Å²) >= 11 is 8.17. The molecular formula is C18H16ClN3O2S. The van der Waals surface area contributed by atoms with Crippen molar-refractivity contribution >= 4 is 22.9 Å². The van der Waals surface area contributed by atoms with Crippen LogP contribution in [0.5, 0.6) is 0 Å². The molecule has 0 bridgehead atoms. The summed E-state index contributed by atoms with van der Waals surface area (Å²) in [5, 5.41) is 9.76. The van der Waals surface area contributed by atoms with Crippen LogP contribution in [0.4, 0.5) is 0 Å². The molecule has 2 aromatic rings. The molecule has 0 saturated carbocycles. The van der Waals surface area contributed by atoms with Gasteiger partial charge in [0.2, 0.25) is 0 Å². The van der Waals surface area contributed by atoms with Gasteiger partial charge in [0.05, 0.1) is 23.8 Å². The number of nitrogens with zero attached hydrogens (tertiary/aromatic N) is 2. The summed E-state index contributed by atoms with van der Waals surface area (Å²) < 4.78 is 11.2. The number of nitrogens with two attached hydrogens (primary N) is 1. The molecule has 1 atom stereocenters. The van der Waals surface area contributed by atoms with E-state index in [4.69, 9.17) is 32.1 Å². The average molecular weight is 374 g/mol. The largest absolute Gasteiger partial charge is 0.468 e. The molecule has 128 valence electrons. The van der Waals surface area contributed by atoms with E-state index in [1.807, 2.05) is 18.2 Å². The minimum absolute atomic E-state index is 0.327. The van der Waals surface area contributed by atoms with Crippen molar-refractivity contribution in [2.24, 2.45) is 5.73 Å². The Labute approximate surface area is 154 Å². The van der Waals surface area contributed by atoms with Gasteiger partial charge >= 0.3 is 0 Å². The van der Waals surface area contributed by atoms with Crippen LogP contribution in [0.1, 0.15) is 23.8 Å². The van der Waals surface area contributed by atoms with Gasteiger partial charge < -0.3 is 15.2 Å². The molecule has 1 unspecified atom stereocenters. The molecule has 0 aromatic carbocycles. The average Bonchev–Trinajstić information content (AvgIpc) is 2.95. The molecule has 1 saturated heterocycles. The van der Waals surface area contributed by atoms with Crippen LogP contribution in [-0.2, 0) is 14.9 Å². The third kappa shape index (κ3) is 2.78. The number of thiophene rings is 1. The summed E-state index contributed by atoms with van der Waals surface area (Å²) in [6.45, 7) is 3.20. The third-order valence-corrected chi connectivity index (χ3v) is 6.45. The van der Waals surface area contributed by atoms with E-state index in [0.717, 1.165) is 21.7 Å². The summed E-state index contributed by atoms with van der Waals surface area (Å²) in [5.41, 5.74) is 6.76. The summed E-state index contributed by atoms with van der Waals surface area (Å²) in [7, 11) is 0. The van der Waals surface area contributed by atoms with E-state index in [-0.39, 0.29) is 11.0 Å². The van der Waals surface area contributed by atoms with Crippen molar-refractivity contribution < 1.29 is 9.47 Å². The first-order valence-corrected chi connectivity index (χ1v) is 9.03. The van der Waals surface area contributed by atoms with Gasteiger partial charge in [0.1, 0.15) is 6.07 Å². The summed E-state index contributed by atoms with van der Waals surface area (Å²) in [6, 6.07) is 5.86. The lowest BCUT2D eigenvalue weighted by molar-refractivity contribution is -0.205. The molecule has 2 aliphatic rings. The van der Waals surface area contributed by atoms with Gasteiger partial charge in [-0.1, -0.05) is 18.5 Å². The summed E-state index contributed by atoms with van der Waals surface area (Å²) in [6.07, 6.45) is 5.98. The molecule has 2 N–H and O–H groups in total. The number of nitriles is 1. The first-order chi connectivity index (χ1) is 11.9. The van der Waals surface area contributed by atoms with Crippen LogP contribution in [-0.4, -0.2) is 23.8 Å². The highest BCUT2D eigenvalue weighted by Gasteiger charge is 2.50. The molecule has 4 heterocycles. The fourth-order valence-electron chi connectivity index (χ4n) is 3.52. The SMILES string of the molecule is CC1(c2sc(-c3cncc(C#N)c3)cc2Cl)C=C(N)OC2(COC2)C1. The lowest BCUT2D eigenvalue weighted by atomic mass is 9.75. The Bertz CT molecular complexity index is 913. The third-order valence-electron chi connectivity index (χ3n) is 4.57. The number of allylic oxidation sites excluding steroid dienone is 1. The molecule has 4 rings (SSSR count). The zero-order valence-corrected chi connectivity index (χ0v) is 15.2. The number of aromatic nitrogens is 1. The molecule has 1 spiro atoms. The first kappa shape index (κ1) is 16.4. The van der Waals surface area contributed by atoms with Crippen LogP contribution < -0.4 is 5.73 Å². The second-order valence-corrected chi connectivity index (χ2v) is 8.24. The van der Waals surface area contributed by atoms with E-state index in [2.05, 4.69) is 18.0 Å². The van der Waals surface area contributed by atoms with Gasteiger partial charge in [-0.25, -0.2) is 0 Å². The van der Waals surface area contributed by atoms with Gasteiger partial charge in [0, 0.05) is 39.5 Å². The van der Waals surface area contributed by atoms with E-state index in [1.165, 1.54) is 0 Å². The van der Waals surface area contributed by atoms with Crippen molar-refractivity contribution in [2.45, 2.75) is 24.4 Å². The molecule has 0 aliphatic carbocycles. The minimum Gasteiger partial charge on any atom is -0.468 e. The van der Waals surface area contributed by atoms with Crippen LogP contribution in [0.3, 0.4) is 0 Å². The topological polar surface area (TPSA) is 81.2 Å². The minimum atomic E-state index is -0.358. The zero-order valence-electron chi connectivity index (χ0n) is 13.6. The number of hydrogen-bond acceptors (Lipinski definition) is 6. The highest BCUT2D eigenvalue weighted by atomic mass is 35.5. The Hall–Kier alpha value is -2.07. The Morgan fingerprint density at radius 1 is 1.36 bits per heavy atom. The number of pyridine rings is 1. The summed E-state index contributed by atoms with van der Waals surface area (Å²) in [5.74, 6) is 0.413. The Kier molecular flexibility index (Phi) is 3.76. The molecule has 1 fully saturated rings. The number of halogens is 1. The lowest BCUT2D eigenvalue weighted by Gasteiger charge is -2.48. The van der Waals surface area contributed by atoms with Gasteiger partial charge in [-0.05, 0) is 18.2 Å². The summed E-state index contributed by atoms with van der Waals surface area (Å²) in [4.78, 5) is 6.14. The van der Waals surface area contributed by atoms with Crippen molar-refractivity contribution in [3.05, 3.63) is 51.9 Å². The zero-order chi connectivity index (χ0) is 17.7. The normalized spacial score (nSPS) is 24.1. The Balaban J connectivity index is 1.75. The molecule has 7 heteroatoms. The van der Waals surface area contributed by atoms with E-state index < -0.39 is 0 Å². The lowest BCUT2D eigenvalue weighted by Crippen LogP contribution is -2.57. The smallest absolute Gasteiger partial charge is 0.181 e. The molecule has 25 heavy (non-hydrogen) atoms. The molecule has 0 amide bonds. The second-order valence-electron chi connectivity index (χ2n) is 6.78. The fourth-order valence-corrected chi connectivity index (χ4v) is 5.17. The maximum absolute atomic E-state index is 9.07. The molecule has 2 aliphatic heterocycles. The quantitative estimate of drug-likeness (QED) is 0.870. The van der Waals surface area contributed by atoms with E-state index >= 15 is 0 Å². The number of rotatable bonds is 2. The number of hydrogen-bond donors (Lipinski definition) is 1. The van der Waals surface area contributed by atoms with Crippen molar-refractivity contribution in [1.82, 2.24) is 4.98 Å². The van der Waals surface area contributed by atoms with Gasteiger partial charge in [0.25, 0.3) is 0 Å². The van der Waals surface area contributed by atoms with Crippen molar-refractivity contribution in [1.29, 1.82) is 5.26 Å². The molecule has 0 radical (unpaired) electrons. The van der Waals surface area contributed by atoms with Crippen molar-refractivity contribution in [3.8, 4) is 16.5 Å². The number of ether oxygens (including phenoxy) is 2. The van der Waals surface area contributed by atoms with Crippen molar-refractivity contribution in [2.75, 3.05) is 13.2 Å². The van der Waals surface area contributed by atoms with Crippen molar-refractivity contribution in [3.63, 3.8) is 0 Å². The van der Waals surface area contributed by atoms with Crippen LogP contribution in [0.2, 0.25) is 5.02 Å². The van der Waals surface area contributed by atoms with E-state index in [9.17, 15) is 0 Å². The Morgan fingerprint density at radius 2 is 2.16 bits per heavy atom. The maximum atomic E-state index is 9.07. The maximum Gasteiger partial charge on any atom is 0.181 e. The monoisotopic (exact) mass is 373 g/mol. The standard InChI is InChI=1S/C18H16ClN3O2S/c1-17(4-15(21)24-18(8-17)9-23-10-18)16-13(19)3-14(25-16)12-2-11(5-20)6-22-7-12/h2-4,6-7H,8-10,21H2,1H3. The first-order valence-electron chi connectivity index (χ1n) is 7.84. The van der Waals surface area contributed by atoms with Gasteiger partial charge in [0.15, 0.2) is 11.5 Å². The van der Waals surface area contributed by atoms with Crippen LogP contribution >= 0.6 is 22.9 Å². The second kappa shape index (κ2) is 5.73. The van der Waals surface area contributed by atoms with Crippen LogP contribution in [0.25, 0.3) is 10.4 Å². The van der Waals surface area contributed by atoms with E-state index in [0.29, 0.717) is 29.7 Å². The Morgan fingerprint density at radius 3 is 2.84 bits per heavy atom.